The Morgan fingerprint density at radius 1 is 1.05 bits per heavy atom. The van der Waals surface area contributed by atoms with Crippen LogP contribution in [0.25, 0.3) is 0 Å². The van der Waals surface area contributed by atoms with Crippen LogP contribution in [0.15, 0.2) is 18.2 Å². The molecule has 21 heavy (non-hydrogen) atoms. The Balaban J connectivity index is 1.50. The van der Waals surface area contributed by atoms with Crippen LogP contribution in [0.3, 0.4) is 0 Å². The van der Waals surface area contributed by atoms with Crippen LogP contribution in [0, 0.1) is 0 Å². The number of phenols is 1. The lowest BCUT2D eigenvalue weighted by molar-refractivity contribution is 0.0896. The second-order valence-corrected chi connectivity index (χ2v) is 6.80. The van der Waals surface area contributed by atoms with Gasteiger partial charge in [0.1, 0.15) is 5.75 Å². The van der Waals surface area contributed by atoms with E-state index in [4.69, 9.17) is 11.6 Å². The molecule has 0 amide bonds. The van der Waals surface area contributed by atoms with E-state index in [0.717, 1.165) is 12.6 Å². The molecule has 0 bridgehead atoms. The van der Waals surface area contributed by atoms with Crippen LogP contribution in [0.5, 0.6) is 5.75 Å². The maximum atomic E-state index is 9.48. The van der Waals surface area contributed by atoms with Gasteiger partial charge in [-0.2, -0.15) is 0 Å². The van der Waals surface area contributed by atoms with Crippen molar-refractivity contribution in [2.24, 2.45) is 0 Å². The molecule has 0 aromatic heterocycles. The Labute approximate surface area is 132 Å². The zero-order valence-electron chi connectivity index (χ0n) is 12.6. The molecule has 2 saturated heterocycles. The van der Waals surface area contributed by atoms with Crippen molar-refractivity contribution in [3.63, 3.8) is 0 Å². The van der Waals surface area contributed by atoms with Crippen molar-refractivity contribution >= 4 is 11.6 Å². The summed E-state index contributed by atoms with van der Waals surface area (Å²) in [7, 11) is 0. The molecule has 0 aliphatic carbocycles. The molecule has 116 valence electrons. The summed E-state index contributed by atoms with van der Waals surface area (Å²) in [6.07, 6.45) is 6.74. The number of nitrogens with zero attached hydrogens (tertiary/aromatic N) is 2. The first-order valence-electron chi connectivity index (χ1n) is 8.16. The molecule has 0 saturated carbocycles. The van der Waals surface area contributed by atoms with Crippen LogP contribution in [0.2, 0.25) is 5.02 Å². The van der Waals surface area contributed by atoms with E-state index in [1.807, 2.05) is 12.1 Å². The van der Waals surface area contributed by atoms with Gasteiger partial charge in [-0.25, -0.2) is 0 Å². The standard InChI is InChI=1S/C17H25ClN2O/c18-16-12-14(4-5-17(16)21)13-19-10-6-15(7-11-19)20-8-2-1-3-9-20/h4-5,12,15,21H,1-3,6-11,13H2. The van der Waals surface area contributed by atoms with Crippen LogP contribution in [-0.2, 0) is 6.54 Å². The molecule has 0 unspecified atom stereocenters. The molecule has 0 atom stereocenters. The molecule has 1 N–H and O–H groups in total. The predicted octanol–water partition coefficient (Wildman–Crippen LogP) is 3.50. The Morgan fingerprint density at radius 3 is 2.43 bits per heavy atom. The highest BCUT2D eigenvalue weighted by atomic mass is 35.5. The maximum absolute atomic E-state index is 9.48. The molecule has 0 spiro atoms. The smallest absolute Gasteiger partial charge is 0.134 e. The third-order valence-electron chi connectivity index (χ3n) is 4.88. The zero-order valence-corrected chi connectivity index (χ0v) is 13.4. The quantitative estimate of drug-likeness (QED) is 0.926. The van der Waals surface area contributed by atoms with Gasteiger partial charge in [-0.15, -0.1) is 0 Å². The Morgan fingerprint density at radius 2 is 1.76 bits per heavy atom. The minimum atomic E-state index is 0.171. The van der Waals surface area contributed by atoms with Gasteiger partial charge in [-0.05, 0) is 69.6 Å². The first-order valence-corrected chi connectivity index (χ1v) is 8.54. The van der Waals surface area contributed by atoms with Gasteiger partial charge in [-0.1, -0.05) is 24.1 Å². The fourth-order valence-electron chi connectivity index (χ4n) is 3.63. The Bertz CT molecular complexity index is 466. The lowest BCUT2D eigenvalue weighted by Gasteiger charge is -2.40. The monoisotopic (exact) mass is 308 g/mol. The summed E-state index contributed by atoms with van der Waals surface area (Å²) >= 11 is 5.98. The summed E-state index contributed by atoms with van der Waals surface area (Å²) in [5.74, 6) is 0.171. The number of hydrogen-bond donors (Lipinski definition) is 1. The summed E-state index contributed by atoms with van der Waals surface area (Å²) in [4.78, 5) is 5.21. The van der Waals surface area contributed by atoms with Crippen molar-refractivity contribution < 1.29 is 5.11 Å². The summed E-state index contributed by atoms with van der Waals surface area (Å²) in [6.45, 7) is 5.88. The molecule has 3 rings (SSSR count). The summed E-state index contributed by atoms with van der Waals surface area (Å²) in [5.41, 5.74) is 1.19. The molecule has 1 aromatic rings. The lowest BCUT2D eigenvalue weighted by atomic mass is 9.99. The average Bonchev–Trinajstić information content (AvgIpc) is 2.53. The third kappa shape index (κ3) is 3.91. The van der Waals surface area contributed by atoms with Crippen LogP contribution in [0.4, 0.5) is 0 Å². The minimum absolute atomic E-state index is 0.171. The van der Waals surface area contributed by atoms with Crippen molar-refractivity contribution in [3.8, 4) is 5.75 Å². The number of aromatic hydroxyl groups is 1. The fraction of sp³-hybridized carbons (Fsp3) is 0.647. The summed E-state index contributed by atoms with van der Waals surface area (Å²) in [6, 6.07) is 6.34. The highest BCUT2D eigenvalue weighted by Gasteiger charge is 2.25. The number of likely N-dealkylation sites (tertiary alicyclic amines) is 2. The molecule has 2 heterocycles. The van der Waals surface area contributed by atoms with Crippen LogP contribution in [0.1, 0.15) is 37.7 Å². The highest BCUT2D eigenvalue weighted by molar-refractivity contribution is 6.32. The zero-order chi connectivity index (χ0) is 14.7. The van der Waals surface area contributed by atoms with Crippen molar-refractivity contribution in [2.45, 2.75) is 44.7 Å². The van der Waals surface area contributed by atoms with E-state index in [2.05, 4.69) is 9.80 Å². The molecule has 3 nitrogen and oxygen atoms in total. The number of benzene rings is 1. The topological polar surface area (TPSA) is 26.7 Å². The van der Waals surface area contributed by atoms with E-state index in [-0.39, 0.29) is 5.75 Å². The second kappa shape index (κ2) is 6.99. The highest BCUT2D eigenvalue weighted by Crippen LogP contribution is 2.26. The van der Waals surface area contributed by atoms with E-state index >= 15 is 0 Å². The first kappa shape index (κ1) is 15.1. The van der Waals surface area contributed by atoms with E-state index in [9.17, 15) is 5.11 Å². The number of rotatable bonds is 3. The molecule has 4 heteroatoms. The summed E-state index contributed by atoms with van der Waals surface area (Å²) < 4.78 is 0. The van der Waals surface area contributed by atoms with Gasteiger partial charge in [0.15, 0.2) is 0 Å². The van der Waals surface area contributed by atoms with E-state index in [0.29, 0.717) is 5.02 Å². The molecule has 1 aromatic carbocycles. The number of piperidine rings is 2. The van der Waals surface area contributed by atoms with Gasteiger partial charge >= 0.3 is 0 Å². The van der Waals surface area contributed by atoms with Crippen LogP contribution in [-0.4, -0.2) is 47.1 Å². The van der Waals surface area contributed by atoms with E-state index in [1.54, 1.807) is 6.07 Å². The largest absolute Gasteiger partial charge is 0.506 e. The van der Waals surface area contributed by atoms with E-state index in [1.165, 1.54) is 63.8 Å². The predicted molar refractivity (Wildman–Crippen MR) is 86.8 cm³/mol. The van der Waals surface area contributed by atoms with Crippen molar-refractivity contribution in [1.82, 2.24) is 9.80 Å². The molecule has 2 aliphatic rings. The molecule has 2 fully saturated rings. The SMILES string of the molecule is Oc1ccc(CN2CCC(N3CCCCC3)CC2)cc1Cl. The van der Waals surface area contributed by atoms with Crippen LogP contribution < -0.4 is 0 Å². The average molecular weight is 309 g/mol. The van der Waals surface area contributed by atoms with Gasteiger partial charge in [-0.3, -0.25) is 4.90 Å². The van der Waals surface area contributed by atoms with Crippen molar-refractivity contribution in [1.29, 1.82) is 0 Å². The molecule has 2 aliphatic heterocycles. The maximum Gasteiger partial charge on any atom is 0.134 e. The minimum Gasteiger partial charge on any atom is -0.506 e. The number of halogens is 1. The summed E-state index contributed by atoms with van der Waals surface area (Å²) in [5, 5.41) is 9.93. The van der Waals surface area contributed by atoms with Gasteiger partial charge in [0.05, 0.1) is 5.02 Å². The number of phenolic OH excluding ortho intramolecular Hbond substituents is 1. The molecular weight excluding hydrogens is 284 g/mol. The van der Waals surface area contributed by atoms with Gasteiger partial charge in [0.2, 0.25) is 0 Å². The van der Waals surface area contributed by atoms with Gasteiger partial charge < -0.3 is 10.0 Å². The van der Waals surface area contributed by atoms with E-state index < -0.39 is 0 Å². The van der Waals surface area contributed by atoms with Crippen molar-refractivity contribution in [2.75, 3.05) is 26.2 Å². The number of hydrogen-bond acceptors (Lipinski definition) is 3. The van der Waals surface area contributed by atoms with Crippen LogP contribution >= 0.6 is 11.6 Å². The first-order chi connectivity index (χ1) is 10.2. The third-order valence-corrected chi connectivity index (χ3v) is 5.19. The van der Waals surface area contributed by atoms with Gasteiger partial charge in [0.25, 0.3) is 0 Å². The molecule has 0 radical (unpaired) electrons. The van der Waals surface area contributed by atoms with Crippen molar-refractivity contribution in [3.05, 3.63) is 28.8 Å². The lowest BCUT2D eigenvalue weighted by Crippen LogP contribution is -2.46. The normalized spacial score (nSPS) is 22.5. The Hall–Kier alpha value is -0.770. The molecular formula is C17H25ClN2O. The Kier molecular flexibility index (Phi) is 5.04. The van der Waals surface area contributed by atoms with Gasteiger partial charge in [0, 0.05) is 12.6 Å². The second-order valence-electron chi connectivity index (χ2n) is 6.39. The fourth-order valence-corrected chi connectivity index (χ4v) is 3.84.